The summed E-state index contributed by atoms with van der Waals surface area (Å²) in [7, 11) is -1.39. The second-order valence-electron chi connectivity index (χ2n) is 12.2. The van der Waals surface area contributed by atoms with Gasteiger partial charge in [0, 0.05) is 20.9 Å². The molecule has 44 heavy (non-hydrogen) atoms. The van der Waals surface area contributed by atoms with Gasteiger partial charge in [-0.1, -0.05) is 56.0 Å². The lowest BCUT2D eigenvalue weighted by Gasteiger charge is -2.22. The van der Waals surface area contributed by atoms with E-state index in [1.807, 2.05) is 6.07 Å². The van der Waals surface area contributed by atoms with Crippen molar-refractivity contribution in [3.05, 3.63) is 48.6 Å². The first kappa shape index (κ1) is 38.2. The van der Waals surface area contributed by atoms with Crippen molar-refractivity contribution in [2.45, 2.75) is 96.4 Å². The molecule has 1 rings (SSSR count). The lowest BCUT2D eigenvalue weighted by Crippen LogP contribution is -2.44. The molecule has 0 saturated carbocycles. The largest absolute Gasteiger partial charge is 0.466 e. The van der Waals surface area contributed by atoms with Crippen molar-refractivity contribution in [2.75, 3.05) is 19.8 Å². The molecule has 2 N–H and O–H groups in total. The van der Waals surface area contributed by atoms with Gasteiger partial charge in [0.15, 0.2) is 0 Å². The van der Waals surface area contributed by atoms with Crippen molar-refractivity contribution < 1.29 is 47.7 Å². The predicted molar refractivity (Wildman–Crippen MR) is 166 cm³/mol. The molecule has 0 aliphatic carbocycles. The fourth-order valence-electron chi connectivity index (χ4n) is 3.40. The third-order valence-electron chi connectivity index (χ3n) is 5.70. The number of amides is 2. The maximum Gasteiger partial charge on any atom is 0.408 e. The normalized spacial score (nSPS) is 12.6. The van der Waals surface area contributed by atoms with Gasteiger partial charge < -0.3 is 34.3 Å². The Morgan fingerprint density at radius 3 is 2.00 bits per heavy atom. The van der Waals surface area contributed by atoms with E-state index in [1.165, 1.54) is 6.08 Å². The SMILES string of the molecule is C=CC[C@@H](NC(=O)OC(C)(C)C)C(=O)OCCCOC(=O)[C@H](CCC(=O)OCC[Si](C)(C)C)NC(=O)OCc1ccccc1. The molecule has 0 fully saturated rings. The van der Waals surface area contributed by atoms with Crippen molar-refractivity contribution in [3.63, 3.8) is 0 Å². The van der Waals surface area contributed by atoms with Crippen molar-refractivity contribution in [1.29, 1.82) is 0 Å². The highest BCUT2D eigenvalue weighted by atomic mass is 28.3. The molecule has 0 heterocycles. The first-order chi connectivity index (χ1) is 20.6. The zero-order valence-electron chi connectivity index (χ0n) is 26.8. The smallest absolute Gasteiger partial charge is 0.408 e. The molecular formula is C31H48N2O10Si. The van der Waals surface area contributed by atoms with E-state index < -0.39 is 55.9 Å². The lowest BCUT2D eigenvalue weighted by atomic mass is 10.1. The van der Waals surface area contributed by atoms with Crippen LogP contribution >= 0.6 is 0 Å². The van der Waals surface area contributed by atoms with Crippen LogP contribution in [0.5, 0.6) is 0 Å². The number of carbonyl (C=O) groups excluding carboxylic acids is 5. The number of alkyl carbamates (subject to hydrolysis) is 2. The van der Waals surface area contributed by atoms with Crippen molar-refractivity contribution in [1.82, 2.24) is 10.6 Å². The first-order valence-electron chi connectivity index (χ1n) is 14.7. The van der Waals surface area contributed by atoms with E-state index in [0.717, 1.165) is 11.6 Å². The van der Waals surface area contributed by atoms with Gasteiger partial charge in [-0.25, -0.2) is 19.2 Å². The van der Waals surface area contributed by atoms with Crippen LogP contribution in [0, 0.1) is 0 Å². The van der Waals surface area contributed by atoms with Gasteiger partial charge in [0.25, 0.3) is 0 Å². The van der Waals surface area contributed by atoms with Crippen molar-refractivity contribution in [2.24, 2.45) is 0 Å². The quantitative estimate of drug-likeness (QED) is 0.0748. The summed E-state index contributed by atoms with van der Waals surface area (Å²) >= 11 is 0. The van der Waals surface area contributed by atoms with E-state index in [-0.39, 0.29) is 45.5 Å². The number of carbonyl (C=O) groups is 5. The minimum absolute atomic E-state index is 0.00578. The highest BCUT2D eigenvalue weighted by molar-refractivity contribution is 6.76. The molecule has 0 saturated heterocycles. The van der Waals surface area contributed by atoms with E-state index in [4.69, 9.17) is 23.7 Å². The minimum atomic E-state index is -1.39. The molecule has 0 bridgehead atoms. The zero-order chi connectivity index (χ0) is 33.2. The Kier molecular flexibility index (Phi) is 16.8. The topological polar surface area (TPSA) is 156 Å². The van der Waals surface area contributed by atoms with Crippen LogP contribution < -0.4 is 10.6 Å². The van der Waals surface area contributed by atoms with Gasteiger partial charge in [0.2, 0.25) is 0 Å². The molecule has 2 atom stereocenters. The molecule has 0 aliphatic heterocycles. The number of rotatable bonds is 18. The van der Waals surface area contributed by atoms with E-state index in [9.17, 15) is 24.0 Å². The monoisotopic (exact) mass is 636 g/mol. The van der Waals surface area contributed by atoms with Crippen LogP contribution in [0.3, 0.4) is 0 Å². The second kappa shape index (κ2) is 19.4. The number of ether oxygens (including phenoxy) is 5. The maximum absolute atomic E-state index is 12.8. The van der Waals surface area contributed by atoms with Crippen LogP contribution in [-0.2, 0) is 44.7 Å². The zero-order valence-corrected chi connectivity index (χ0v) is 27.8. The molecule has 0 spiro atoms. The van der Waals surface area contributed by atoms with Gasteiger partial charge in [-0.2, -0.15) is 0 Å². The molecule has 2 amide bonds. The Morgan fingerprint density at radius 2 is 1.43 bits per heavy atom. The van der Waals surface area contributed by atoms with Gasteiger partial charge >= 0.3 is 30.1 Å². The van der Waals surface area contributed by atoms with Crippen molar-refractivity contribution >= 4 is 38.2 Å². The van der Waals surface area contributed by atoms with Crippen LogP contribution in [0.15, 0.2) is 43.0 Å². The number of hydrogen-bond acceptors (Lipinski definition) is 10. The van der Waals surface area contributed by atoms with E-state index in [0.29, 0.717) is 6.61 Å². The minimum Gasteiger partial charge on any atom is -0.466 e. The highest BCUT2D eigenvalue weighted by Crippen LogP contribution is 2.10. The summed E-state index contributed by atoms with van der Waals surface area (Å²) in [5.41, 5.74) is 0.0227. The Labute approximate surface area is 261 Å². The molecule has 0 aliphatic rings. The van der Waals surface area contributed by atoms with Crippen LogP contribution in [0.2, 0.25) is 25.7 Å². The molecule has 246 valence electrons. The molecule has 1 aromatic rings. The number of hydrogen-bond donors (Lipinski definition) is 2. The van der Waals surface area contributed by atoms with Crippen LogP contribution in [0.1, 0.15) is 52.0 Å². The van der Waals surface area contributed by atoms with E-state index in [1.54, 1.807) is 45.0 Å². The highest BCUT2D eigenvalue weighted by Gasteiger charge is 2.26. The summed E-state index contributed by atoms with van der Waals surface area (Å²) in [5, 5.41) is 4.91. The predicted octanol–water partition coefficient (Wildman–Crippen LogP) is 4.89. The summed E-state index contributed by atoms with van der Waals surface area (Å²) in [4.78, 5) is 62.0. The molecule has 0 radical (unpaired) electrons. The molecule has 0 aromatic heterocycles. The average Bonchev–Trinajstić information content (AvgIpc) is 2.92. The van der Waals surface area contributed by atoms with Crippen LogP contribution in [0.4, 0.5) is 9.59 Å². The lowest BCUT2D eigenvalue weighted by molar-refractivity contribution is -0.149. The number of nitrogens with one attached hydrogen (secondary N) is 2. The third kappa shape index (κ3) is 18.6. The second-order valence-corrected chi connectivity index (χ2v) is 17.9. The fourth-order valence-corrected chi connectivity index (χ4v) is 4.11. The maximum atomic E-state index is 12.8. The average molecular weight is 637 g/mol. The summed E-state index contributed by atoms with van der Waals surface area (Å²) in [6.45, 7) is 15.2. The Balaban J connectivity index is 2.62. The van der Waals surface area contributed by atoms with Gasteiger partial charge in [-0.3, -0.25) is 4.79 Å². The van der Waals surface area contributed by atoms with Gasteiger partial charge in [-0.15, -0.1) is 6.58 Å². The third-order valence-corrected chi connectivity index (χ3v) is 7.40. The molecule has 0 unspecified atom stereocenters. The van der Waals surface area contributed by atoms with Crippen LogP contribution in [-0.4, -0.2) is 75.7 Å². The Hall–Kier alpha value is -3.87. The van der Waals surface area contributed by atoms with Crippen molar-refractivity contribution in [3.8, 4) is 0 Å². The Morgan fingerprint density at radius 1 is 0.841 bits per heavy atom. The van der Waals surface area contributed by atoms with E-state index >= 15 is 0 Å². The van der Waals surface area contributed by atoms with Crippen LogP contribution in [0.25, 0.3) is 0 Å². The summed E-state index contributed by atoms with van der Waals surface area (Å²) in [6.07, 6.45) is -0.0448. The molecule has 12 nitrogen and oxygen atoms in total. The molecular weight excluding hydrogens is 588 g/mol. The van der Waals surface area contributed by atoms with E-state index in [2.05, 4.69) is 36.9 Å². The van der Waals surface area contributed by atoms with Gasteiger partial charge in [0.1, 0.15) is 24.3 Å². The fraction of sp³-hybridized carbons (Fsp3) is 0.581. The standard InChI is InChI=1S/C31H48N2O10Si/c1-8-13-24(33-30(38)43-31(2,3)4)27(35)40-18-12-19-41-28(36)25(16-17-26(34)39-20-21-44(5,6)7)32-29(37)42-22-23-14-10-9-11-15-23/h8-11,14-15,24-25H,1,12-13,16-22H2,2-7H3,(H,32,37)(H,33,38)/t24-,25+/m1/s1. The number of benzene rings is 1. The Bertz CT molecular complexity index is 1080. The molecule has 13 heteroatoms. The summed E-state index contributed by atoms with van der Waals surface area (Å²) < 4.78 is 26.2. The van der Waals surface area contributed by atoms with Gasteiger partial charge in [0.05, 0.1) is 19.8 Å². The summed E-state index contributed by atoms with van der Waals surface area (Å²) in [6, 6.07) is 7.67. The number of esters is 3. The molecule has 1 aromatic carbocycles. The van der Waals surface area contributed by atoms with Gasteiger partial charge in [-0.05, 0) is 45.2 Å². The first-order valence-corrected chi connectivity index (χ1v) is 18.4. The summed E-state index contributed by atoms with van der Waals surface area (Å²) in [5.74, 6) is -1.96.